The third-order valence-corrected chi connectivity index (χ3v) is 4.42. The first-order chi connectivity index (χ1) is 9.24. The fraction of sp³-hybridized carbons (Fsp3) is 0.533. The summed E-state index contributed by atoms with van der Waals surface area (Å²) < 4.78 is 0. The minimum absolute atomic E-state index is 0.223. The predicted molar refractivity (Wildman–Crippen MR) is 72.7 cm³/mol. The molecule has 1 aromatic rings. The van der Waals surface area contributed by atoms with E-state index < -0.39 is 5.97 Å². The molecule has 1 aromatic carbocycles. The summed E-state index contributed by atoms with van der Waals surface area (Å²) in [6.45, 7) is 4.43. The lowest BCUT2D eigenvalue weighted by atomic mass is 9.81. The van der Waals surface area contributed by atoms with Crippen LogP contribution in [0, 0.1) is 17.8 Å². The number of fused-ring (bicyclic) bond motifs is 1. The summed E-state index contributed by atoms with van der Waals surface area (Å²) in [5, 5.41) is 12.6. The molecule has 0 spiro atoms. The summed E-state index contributed by atoms with van der Waals surface area (Å²) in [6.07, 6.45) is 0. The number of hydrogen-bond donors (Lipinski definition) is 2. The second-order valence-corrected chi connectivity index (χ2v) is 5.71. The van der Waals surface area contributed by atoms with E-state index in [-0.39, 0.29) is 5.92 Å². The topological polar surface area (TPSA) is 52.6 Å². The highest BCUT2D eigenvalue weighted by Crippen LogP contribution is 2.33. The zero-order chi connectivity index (χ0) is 13.2. The van der Waals surface area contributed by atoms with E-state index >= 15 is 0 Å². The molecule has 2 saturated heterocycles. The summed E-state index contributed by atoms with van der Waals surface area (Å²) in [5.74, 6) is -0.0793. The van der Waals surface area contributed by atoms with Crippen LogP contribution in [0.2, 0.25) is 0 Å². The lowest BCUT2D eigenvalue weighted by Gasteiger charge is -2.30. The van der Waals surface area contributed by atoms with Gasteiger partial charge in [-0.15, -0.1) is 0 Å². The Balaban J connectivity index is 1.67. The number of carboxylic acids is 1. The van der Waals surface area contributed by atoms with Crippen LogP contribution < -0.4 is 5.32 Å². The summed E-state index contributed by atoms with van der Waals surface area (Å²) >= 11 is 0. The van der Waals surface area contributed by atoms with Crippen molar-refractivity contribution in [2.75, 3.05) is 26.2 Å². The third kappa shape index (κ3) is 2.65. The number of rotatable bonds is 3. The van der Waals surface area contributed by atoms with E-state index in [9.17, 15) is 9.90 Å². The minimum Gasteiger partial charge on any atom is -0.481 e. The lowest BCUT2D eigenvalue weighted by molar-refractivity contribution is -0.144. The first-order valence-corrected chi connectivity index (χ1v) is 6.94. The maximum Gasteiger partial charge on any atom is 0.308 e. The smallest absolute Gasteiger partial charge is 0.308 e. The number of likely N-dealkylation sites (tertiary alicyclic amines) is 1. The molecule has 0 aromatic heterocycles. The van der Waals surface area contributed by atoms with Gasteiger partial charge in [-0.25, -0.2) is 0 Å². The highest BCUT2D eigenvalue weighted by atomic mass is 16.4. The molecule has 2 N–H and O–H groups in total. The number of carbonyl (C=O) groups is 1. The fourth-order valence-corrected chi connectivity index (χ4v) is 3.48. The molecule has 4 heteroatoms. The van der Waals surface area contributed by atoms with Crippen LogP contribution in [0.1, 0.15) is 5.56 Å². The van der Waals surface area contributed by atoms with Gasteiger partial charge in [0.15, 0.2) is 0 Å². The largest absolute Gasteiger partial charge is 0.481 e. The normalized spacial score (nSPS) is 31.1. The van der Waals surface area contributed by atoms with Gasteiger partial charge in [0.1, 0.15) is 0 Å². The van der Waals surface area contributed by atoms with Gasteiger partial charge >= 0.3 is 5.97 Å². The third-order valence-electron chi connectivity index (χ3n) is 4.42. The average molecular weight is 260 g/mol. The number of nitrogens with one attached hydrogen (secondary N) is 1. The van der Waals surface area contributed by atoms with Crippen LogP contribution >= 0.6 is 0 Å². The van der Waals surface area contributed by atoms with Crippen LogP contribution in [0.5, 0.6) is 0 Å². The second-order valence-electron chi connectivity index (χ2n) is 5.71. The molecule has 0 saturated carbocycles. The van der Waals surface area contributed by atoms with Gasteiger partial charge in [0.25, 0.3) is 0 Å². The summed E-state index contributed by atoms with van der Waals surface area (Å²) in [7, 11) is 0. The van der Waals surface area contributed by atoms with Gasteiger partial charge in [0.05, 0.1) is 5.92 Å². The Morgan fingerprint density at radius 1 is 1.26 bits per heavy atom. The molecule has 2 fully saturated rings. The Morgan fingerprint density at radius 2 is 2.05 bits per heavy atom. The van der Waals surface area contributed by atoms with E-state index in [1.54, 1.807) is 0 Å². The van der Waals surface area contributed by atoms with Gasteiger partial charge in [-0.1, -0.05) is 30.3 Å². The molecule has 4 nitrogen and oxygen atoms in total. The summed E-state index contributed by atoms with van der Waals surface area (Å²) in [5.41, 5.74) is 1.31. The number of benzene rings is 1. The van der Waals surface area contributed by atoms with Crippen molar-refractivity contribution in [3.63, 3.8) is 0 Å². The van der Waals surface area contributed by atoms with Crippen molar-refractivity contribution in [1.29, 1.82) is 0 Å². The highest BCUT2D eigenvalue weighted by Gasteiger charge is 2.43. The van der Waals surface area contributed by atoms with E-state index in [1.165, 1.54) is 5.56 Å². The quantitative estimate of drug-likeness (QED) is 0.852. The molecular formula is C15H20N2O2. The molecule has 0 amide bonds. The Hall–Kier alpha value is -1.39. The van der Waals surface area contributed by atoms with Gasteiger partial charge < -0.3 is 10.4 Å². The van der Waals surface area contributed by atoms with Crippen molar-refractivity contribution in [2.45, 2.75) is 6.54 Å². The monoisotopic (exact) mass is 260 g/mol. The van der Waals surface area contributed by atoms with E-state index in [4.69, 9.17) is 0 Å². The number of hydrogen-bond acceptors (Lipinski definition) is 3. The van der Waals surface area contributed by atoms with Crippen molar-refractivity contribution in [3.05, 3.63) is 35.9 Å². The highest BCUT2D eigenvalue weighted by molar-refractivity contribution is 5.71. The first kappa shape index (κ1) is 12.6. The molecule has 102 valence electrons. The van der Waals surface area contributed by atoms with Crippen molar-refractivity contribution in [3.8, 4) is 0 Å². The Bertz CT molecular complexity index is 449. The Kier molecular flexibility index (Phi) is 3.53. The van der Waals surface area contributed by atoms with Crippen LogP contribution in [-0.2, 0) is 11.3 Å². The molecular weight excluding hydrogens is 240 g/mol. The fourth-order valence-electron chi connectivity index (χ4n) is 3.48. The summed E-state index contributed by atoms with van der Waals surface area (Å²) in [4.78, 5) is 13.7. The van der Waals surface area contributed by atoms with Gasteiger partial charge in [-0.3, -0.25) is 9.69 Å². The van der Waals surface area contributed by atoms with Crippen molar-refractivity contribution < 1.29 is 9.90 Å². The SMILES string of the molecule is O=C(O)C1CNCC2CN(Cc3ccccc3)CC21. The zero-order valence-electron chi connectivity index (χ0n) is 11.0. The van der Waals surface area contributed by atoms with E-state index in [0.717, 1.165) is 26.2 Å². The number of nitrogens with zero attached hydrogens (tertiary/aromatic N) is 1. The van der Waals surface area contributed by atoms with Crippen LogP contribution in [0.15, 0.2) is 30.3 Å². The van der Waals surface area contributed by atoms with Crippen LogP contribution in [0.3, 0.4) is 0 Å². The van der Waals surface area contributed by atoms with Gasteiger partial charge in [0.2, 0.25) is 0 Å². The summed E-state index contributed by atoms with van der Waals surface area (Å²) in [6, 6.07) is 10.4. The van der Waals surface area contributed by atoms with E-state index in [0.29, 0.717) is 18.4 Å². The Labute approximate surface area is 113 Å². The maximum absolute atomic E-state index is 11.3. The van der Waals surface area contributed by atoms with E-state index in [1.807, 2.05) is 6.07 Å². The predicted octanol–water partition coefficient (Wildman–Crippen LogP) is 1.04. The zero-order valence-corrected chi connectivity index (χ0v) is 11.0. The second kappa shape index (κ2) is 5.31. The molecule has 0 aliphatic carbocycles. The number of aliphatic carboxylic acids is 1. The van der Waals surface area contributed by atoms with E-state index in [2.05, 4.69) is 34.5 Å². The standard InChI is InChI=1S/C15H20N2O2/c18-15(19)13-7-16-6-12-9-17(10-14(12)13)8-11-4-2-1-3-5-11/h1-5,12-14,16H,6-10H2,(H,18,19). The molecule has 2 aliphatic heterocycles. The maximum atomic E-state index is 11.3. The van der Waals surface area contributed by atoms with Gasteiger partial charge in [0, 0.05) is 26.2 Å². The van der Waals surface area contributed by atoms with Crippen molar-refractivity contribution >= 4 is 5.97 Å². The molecule has 3 unspecified atom stereocenters. The van der Waals surface area contributed by atoms with Crippen molar-refractivity contribution in [1.82, 2.24) is 10.2 Å². The molecule has 0 radical (unpaired) electrons. The van der Waals surface area contributed by atoms with Crippen LogP contribution in [-0.4, -0.2) is 42.2 Å². The molecule has 0 bridgehead atoms. The molecule has 2 heterocycles. The molecule has 3 rings (SSSR count). The Morgan fingerprint density at radius 3 is 2.79 bits per heavy atom. The lowest BCUT2D eigenvalue weighted by Crippen LogP contribution is -2.46. The van der Waals surface area contributed by atoms with Crippen LogP contribution in [0.4, 0.5) is 0 Å². The van der Waals surface area contributed by atoms with Gasteiger partial charge in [-0.2, -0.15) is 0 Å². The molecule has 2 aliphatic rings. The number of carboxylic acid groups (broad SMARTS) is 1. The molecule has 3 atom stereocenters. The number of piperidine rings is 1. The first-order valence-electron chi connectivity index (χ1n) is 6.94. The minimum atomic E-state index is -0.649. The average Bonchev–Trinajstić information content (AvgIpc) is 2.81. The van der Waals surface area contributed by atoms with Crippen LogP contribution in [0.25, 0.3) is 0 Å². The molecule has 19 heavy (non-hydrogen) atoms. The van der Waals surface area contributed by atoms with Gasteiger partial charge in [-0.05, 0) is 23.9 Å². The van der Waals surface area contributed by atoms with Crippen molar-refractivity contribution in [2.24, 2.45) is 17.8 Å².